The van der Waals surface area contributed by atoms with E-state index < -0.39 is 19.9 Å². The lowest BCUT2D eigenvalue weighted by atomic mass is 10.4. The number of carbonyl (C=O) groups is 1. The Labute approximate surface area is 119 Å². The van der Waals surface area contributed by atoms with Crippen LogP contribution in [0.1, 0.15) is 6.92 Å². The number of rotatable bonds is 6. The van der Waals surface area contributed by atoms with Gasteiger partial charge >= 0.3 is 5.97 Å². The molecule has 0 bridgehead atoms. The van der Waals surface area contributed by atoms with Crippen LogP contribution in [-0.4, -0.2) is 41.5 Å². The average Bonchev–Trinajstić information content (AvgIpc) is 2.84. The van der Waals surface area contributed by atoms with Gasteiger partial charge in [0.25, 0.3) is 10.0 Å². The van der Waals surface area contributed by atoms with E-state index in [0.717, 1.165) is 0 Å². The molecule has 0 amide bonds. The van der Waals surface area contributed by atoms with Crippen LogP contribution in [0.5, 0.6) is 0 Å². The summed E-state index contributed by atoms with van der Waals surface area (Å²) in [6, 6.07) is 0. The van der Waals surface area contributed by atoms with E-state index in [1.165, 1.54) is 19.6 Å². The molecule has 0 saturated carbocycles. The maximum absolute atomic E-state index is 11.8. The zero-order valence-corrected chi connectivity index (χ0v) is 12.9. The van der Waals surface area contributed by atoms with E-state index in [4.69, 9.17) is 0 Å². The van der Waals surface area contributed by atoms with Gasteiger partial charge in [-0.15, -0.1) is 0 Å². The number of ether oxygens (including phenoxy) is 1. The van der Waals surface area contributed by atoms with Crippen molar-refractivity contribution in [1.82, 2.24) is 14.3 Å². The molecule has 0 aliphatic rings. The van der Waals surface area contributed by atoms with E-state index in [1.807, 2.05) is 29.5 Å². The van der Waals surface area contributed by atoms with Gasteiger partial charge in [-0.05, 0) is 6.92 Å². The zero-order chi connectivity index (χ0) is 13.8. The molecule has 102 valence electrons. The minimum atomic E-state index is -3.68. The van der Waals surface area contributed by atoms with E-state index in [9.17, 15) is 13.2 Å². The van der Waals surface area contributed by atoms with E-state index in [2.05, 4.69) is 14.4 Å². The van der Waals surface area contributed by atoms with Gasteiger partial charge in [-0.2, -0.15) is 0 Å². The van der Waals surface area contributed by atoms with Gasteiger partial charge in [0.05, 0.1) is 13.4 Å². The SMILES string of the molecule is CCn1cnc(S(=O)(=O)NCC(I)C(=O)OC)c1. The molecular formula is C9H14IN3O4S. The summed E-state index contributed by atoms with van der Waals surface area (Å²) in [5.74, 6) is -0.475. The maximum atomic E-state index is 11.8. The maximum Gasteiger partial charge on any atom is 0.319 e. The Morgan fingerprint density at radius 1 is 1.67 bits per heavy atom. The topological polar surface area (TPSA) is 90.3 Å². The Bertz CT molecular complexity index is 514. The van der Waals surface area contributed by atoms with Crippen molar-refractivity contribution in [3.63, 3.8) is 0 Å². The van der Waals surface area contributed by atoms with Crippen molar-refractivity contribution in [1.29, 1.82) is 0 Å². The first-order valence-electron chi connectivity index (χ1n) is 5.14. The van der Waals surface area contributed by atoms with Gasteiger partial charge in [0.2, 0.25) is 0 Å². The van der Waals surface area contributed by atoms with Crippen molar-refractivity contribution >= 4 is 38.6 Å². The largest absolute Gasteiger partial charge is 0.468 e. The summed E-state index contributed by atoms with van der Waals surface area (Å²) in [4.78, 5) is 14.9. The number of aromatic nitrogens is 2. The highest BCUT2D eigenvalue weighted by atomic mass is 127. The summed E-state index contributed by atoms with van der Waals surface area (Å²) in [5, 5.41) is -0.0576. The lowest BCUT2D eigenvalue weighted by Crippen LogP contribution is -2.34. The van der Waals surface area contributed by atoms with Crippen LogP contribution >= 0.6 is 22.6 Å². The fourth-order valence-electron chi connectivity index (χ4n) is 1.12. The second-order valence-corrected chi connectivity index (χ2v) is 6.60. The number of methoxy groups -OCH3 is 1. The summed E-state index contributed by atoms with van der Waals surface area (Å²) in [6.45, 7) is 2.48. The number of nitrogens with zero attached hydrogens (tertiary/aromatic N) is 2. The Hall–Kier alpha value is -0.680. The number of esters is 1. The second-order valence-electron chi connectivity index (χ2n) is 3.38. The molecule has 0 aromatic carbocycles. The van der Waals surface area contributed by atoms with Gasteiger partial charge in [0.15, 0.2) is 5.03 Å². The Balaban J connectivity index is 2.68. The quantitative estimate of drug-likeness (QED) is 0.427. The fraction of sp³-hybridized carbons (Fsp3) is 0.556. The Morgan fingerprint density at radius 2 is 2.33 bits per heavy atom. The minimum absolute atomic E-state index is 0.0332. The molecule has 0 saturated heterocycles. The number of hydrogen-bond acceptors (Lipinski definition) is 5. The smallest absolute Gasteiger partial charge is 0.319 e. The first-order chi connectivity index (χ1) is 8.40. The monoisotopic (exact) mass is 387 g/mol. The molecule has 0 aliphatic carbocycles. The van der Waals surface area contributed by atoms with Crippen LogP contribution in [0.15, 0.2) is 17.6 Å². The highest BCUT2D eigenvalue weighted by Crippen LogP contribution is 2.07. The number of halogens is 1. The van der Waals surface area contributed by atoms with Crippen LogP contribution in [0, 0.1) is 0 Å². The molecule has 1 atom stereocenters. The molecule has 1 N–H and O–H groups in total. The number of aryl methyl sites for hydroxylation is 1. The average molecular weight is 387 g/mol. The van der Waals surface area contributed by atoms with Crippen molar-refractivity contribution < 1.29 is 17.9 Å². The molecule has 1 rings (SSSR count). The second kappa shape index (κ2) is 6.48. The predicted octanol–water partition coefficient (Wildman–Crippen LogP) is 0.158. The van der Waals surface area contributed by atoms with E-state index in [1.54, 1.807) is 4.57 Å². The van der Waals surface area contributed by atoms with Crippen molar-refractivity contribution in [2.24, 2.45) is 0 Å². The van der Waals surface area contributed by atoms with E-state index >= 15 is 0 Å². The number of alkyl halides is 1. The van der Waals surface area contributed by atoms with Crippen LogP contribution < -0.4 is 4.72 Å². The molecule has 1 unspecified atom stereocenters. The number of imidazole rings is 1. The lowest BCUT2D eigenvalue weighted by molar-refractivity contribution is -0.139. The normalized spacial score (nSPS) is 13.3. The van der Waals surface area contributed by atoms with Gasteiger partial charge in [0.1, 0.15) is 3.92 Å². The number of sulfonamides is 1. The third-order valence-electron chi connectivity index (χ3n) is 2.16. The van der Waals surface area contributed by atoms with Crippen LogP contribution in [0.4, 0.5) is 0 Å². The van der Waals surface area contributed by atoms with Crippen molar-refractivity contribution in [2.75, 3.05) is 13.7 Å². The van der Waals surface area contributed by atoms with E-state index in [-0.39, 0.29) is 11.6 Å². The summed E-state index contributed by atoms with van der Waals surface area (Å²) in [7, 11) is -2.43. The fourth-order valence-corrected chi connectivity index (χ4v) is 2.89. The lowest BCUT2D eigenvalue weighted by Gasteiger charge is -2.08. The molecule has 9 heteroatoms. The Kier molecular flexibility index (Phi) is 5.53. The van der Waals surface area contributed by atoms with Crippen LogP contribution in [-0.2, 0) is 26.1 Å². The van der Waals surface area contributed by atoms with Crippen molar-refractivity contribution in [3.8, 4) is 0 Å². The highest BCUT2D eigenvalue weighted by Gasteiger charge is 2.21. The molecule has 1 heterocycles. The Morgan fingerprint density at radius 3 is 2.83 bits per heavy atom. The molecule has 1 aromatic heterocycles. The third-order valence-corrected chi connectivity index (χ3v) is 4.42. The van der Waals surface area contributed by atoms with Crippen LogP contribution in [0.2, 0.25) is 0 Å². The van der Waals surface area contributed by atoms with Gasteiger partial charge in [-0.25, -0.2) is 18.1 Å². The molecular weight excluding hydrogens is 373 g/mol. The molecule has 1 aromatic rings. The summed E-state index contributed by atoms with van der Waals surface area (Å²) in [5.41, 5.74) is 0. The van der Waals surface area contributed by atoms with Gasteiger partial charge < -0.3 is 9.30 Å². The molecule has 0 fully saturated rings. The van der Waals surface area contributed by atoms with Crippen LogP contribution in [0.25, 0.3) is 0 Å². The van der Waals surface area contributed by atoms with E-state index in [0.29, 0.717) is 6.54 Å². The minimum Gasteiger partial charge on any atom is -0.468 e. The van der Waals surface area contributed by atoms with Gasteiger partial charge in [-0.3, -0.25) is 4.79 Å². The third kappa shape index (κ3) is 3.92. The number of nitrogens with one attached hydrogen (secondary N) is 1. The van der Waals surface area contributed by atoms with Gasteiger partial charge in [0, 0.05) is 19.3 Å². The van der Waals surface area contributed by atoms with Crippen molar-refractivity contribution in [2.45, 2.75) is 22.4 Å². The number of carbonyl (C=O) groups excluding carboxylic acids is 1. The summed E-state index contributed by atoms with van der Waals surface area (Å²) >= 11 is 1.81. The predicted molar refractivity (Wildman–Crippen MR) is 72.9 cm³/mol. The molecule has 0 aliphatic heterocycles. The molecule has 7 nitrogen and oxygen atoms in total. The summed E-state index contributed by atoms with van der Waals surface area (Å²) in [6.07, 6.45) is 2.87. The first kappa shape index (κ1) is 15.4. The zero-order valence-electron chi connectivity index (χ0n) is 9.96. The first-order valence-corrected chi connectivity index (χ1v) is 7.87. The molecule has 0 spiro atoms. The van der Waals surface area contributed by atoms with Gasteiger partial charge in [-0.1, -0.05) is 22.6 Å². The molecule has 0 radical (unpaired) electrons. The van der Waals surface area contributed by atoms with Crippen LogP contribution in [0.3, 0.4) is 0 Å². The standard InChI is InChI=1S/C9H14IN3O4S/c1-3-13-5-8(11-6-13)18(15,16)12-4-7(10)9(14)17-2/h5-7,12H,3-4H2,1-2H3. The highest BCUT2D eigenvalue weighted by molar-refractivity contribution is 14.1. The number of hydrogen-bond donors (Lipinski definition) is 1. The molecule has 18 heavy (non-hydrogen) atoms. The summed E-state index contributed by atoms with van der Waals surface area (Å²) < 4.78 is 31.6. The van der Waals surface area contributed by atoms with Crippen molar-refractivity contribution in [3.05, 3.63) is 12.5 Å².